The molecular weight excluding hydrogens is 350 g/mol. The topological polar surface area (TPSA) is 64.9 Å². The Hall–Kier alpha value is -2.56. The molecule has 0 fully saturated rings. The van der Waals surface area contributed by atoms with Crippen LogP contribution in [0.15, 0.2) is 60.7 Å². The molecule has 0 unspecified atom stereocenters. The number of halogens is 1. The third kappa shape index (κ3) is 3.31. The van der Waals surface area contributed by atoms with Gasteiger partial charge in [0.15, 0.2) is 5.13 Å². The van der Waals surface area contributed by atoms with Crippen molar-refractivity contribution in [1.82, 2.24) is 4.98 Å². The molecule has 0 aliphatic heterocycles. The Labute approximate surface area is 154 Å². The fraction of sp³-hybridized carbons (Fsp3) is 0.0500. The Morgan fingerprint density at radius 1 is 0.920 bits per heavy atom. The summed E-state index contributed by atoms with van der Waals surface area (Å²) in [5, 5.41) is 1.28. The van der Waals surface area contributed by atoms with Crippen LogP contribution in [0.25, 0.3) is 21.3 Å². The Kier molecular flexibility index (Phi) is 4.07. The molecule has 0 aliphatic rings. The predicted octanol–water partition coefficient (Wildman–Crippen LogP) is 5.37. The van der Waals surface area contributed by atoms with Crippen LogP contribution in [0.4, 0.5) is 10.8 Å². The van der Waals surface area contributed by atoms with E-state index in [0.29, 0.717) is 10.2 Å². The Bertz CT molecular complexity index is 1050. The zero-order valence-corrected chi connectivity index (χ0v) is 14.9. The van der Waals surface area contributed by atoms with Gasteiger partial charge in [-0.25, -0.2) is 4.98 Å². The van der Waals surface area contributed by atoms with Crippen molar-refractivity contribution in [2.75, 3.05) is 11.5 Å². The van der Waals surface area contributed by atoms with Crippen molar-refractivity contribution < 1.29 is 0 Å². The number of nitrogens with zero attached hydrogens (tertiary/aromatic N) is 1. The smallest absolute Gasteiger partial charge is 0.181 e. The lowest BCUT2D eigenvalue weighted by Crippen LogP contribution is -1.92. The van der Waals surface area contributed by atoms with Gasteiger partial charge in [0.05, 0.1) is 10.2 Å². The number of aromatic nitrogens is 1. The number of fused-ring (bicyclic) bond motifs is 1. The molecule has 124 valence electrons. The fourth-order valence-corrected chi connectivity index (χ4v) is 3.97. The van der Waals surface area contributed by atoms with Gasteiger partial charge in [-0.15, -0.1) is 0 Å². The molecule has 3 aromatic carbocycles. The van der Waals surface area contributed by atoms with Crippen molar-refractivity contribution >= 4 is 44.0 Å². The first-order valence-corrected chi connectivity index (χ1v) is 9.07. The minimum Gasteiger partial charge on any atom is -0.399 e. The summed E-state index contributed by atoms with van der Waals surface area (Å²) in [6.45, 7) is 0. The molecule has 1 heterocycles. The zero-order valence-electron chi connectivity index (χ0n) is 13.4. The number of hydrogen-bond donors (Lipinski definition) is 2. The summed E-state index contributed by atoms with van der Waals surface area (Å²) < 4.78 is 1.08. The number of nitrogen functional groups attached to an aromatic ring is 2. The van der Waals surface area contributed by atoms with E-state index in [0.717, 1.165) is 33.5 Å². The summed E-state index contributed by atoms with van der Waals surface area (Å²) in [5.74, 6) is 0. The molecule has 0 amide bonds. The number of benzene rings is 3. The molecule has 4 rings (SSSR count). The molecule has 0 saturated carbocycles. The molecule has 5 heteroatoms. The molecule has 1 aromatic heterocycles. The molecule has 0 aliphatic carbocycles. The Morgan fingerprint density at radius 3 is 2.48 bits per heavy atom. The molecule has 0 bridgehead atoms. The van der Waals surface area contributed by atoms with Crippen molar-refractivity contribution in [3.63, 3.8) is 0 Å². The lowest BCUT2D eigenvalue weighted by atomic mass is 9.98. The van der Waals surface area contributed by atoms with E-state index in [9.17, 15) is 0 Å². The summed E-state index contributed by atoms with van der Waals surface area (Å²) in [6, 6.07) is 20.1. The van der Waals surface area contributed by atoms with Crippen LogP contribution in [0.1, 0.15) is 11.1 Å². The van der Waals surface area contributed by atoms with E-state index >= 15 is 0 Å². The lowest BCUT2D eigenvalue weighted by Gasteiger charge is -2.08. The highest BCUT2D eigenvalue weighted by molar-refractivity contribution is 7.22. The van der Waals surface area contributed by atoms with Crippen LogP contribution < -0.4 is 11.5 Å². The molecule has 0 spiro atoms. The highest BCUT2D eigenvalue weighted by Crippen LogP contribution is 2.35. The van der Waals surface area contributed by atoms with Gasteiger partial charge >= 0.3 is 0 Å². The summed E-state index contributed by atoms with van der Waals surface area (Å²) >= 11 is 7.69. The van der Waals surface area contributed by atoms with Gasteiger partial charge < -0.3 is 11.5 Å². The van der Waals surface area contributed by atoms with Crippen LogP contribution in [-0.2, 0) is 6.42 Å². The van der Waals surface area contributed by atoms with Crippen molar-refractivity contribution in [3.8, 4) is 11.1 Å². The van der Waals surface area contributed by atoms with Gasteiger partial charge in [0.2, 0.25) is 0 Å². The number of thiazole rings is 1. The molecule has 4 aromatic rings. The van der Waals surface area contributed by atoms with Crippen molar-refractivity contribution in [1.29, 1.82) is 0 Å². The molecule has 4 N–H and O–H groups in total. The Balaban J connectivity index is 1.84. The average molecular weight is 366 g/mol. The largest absolute Gasteiger partial charge is 0.399 e. The van der Waals surface area contributed by atoms with Crippen LogP contribution in [-0.4, -0.2) is 4.98 Å². The van der Waals surface area contributed by atoms with Gasteiger partial charge in [0, 0.05) is 16.3 Å². The van der Waals surface area contributed by atoms with Crippen molar-refractivity contribution in [2.24, 2.45) is 0 Å². The maximum atomic E-state index is 6.18. The molecule has 25 heavy (non-hydrogen) atoms. The second-order valence-corrected chi connectivity index (χ2v) is 7.47. The zero-order chi connectivity index (χ0) is 17.4. The molecule has 0 saturated heterocycles. The minimum atomic E-state index is 0.572. The molecular formula is C20H16ClN3S. The summed E-state index contributed by atoms with van der Waals surface area (Å²) in [4.78, 5) is 4.52. The predicted molar refractivity (Wildman–Crippen MR) is 108 cm³/mol. The van der Waals surface area contributed by atoms with Crippen LogP contribution in [0, 0.1) is 0 Å². The van der Waals surface area contributed by atoms with E-state index in [-0.39, 0.29) is 0 Å². The van der Waals surface area contributed by atoms with Crippen LogP contribution in [0.2, 0.25) is 5.02 Å². The number of anilines is 2. The van der Waals surface area contributed by atoms with Crippen LogP contribution in [0.3, 0.4) is 0 Å². The van der Waals surface area contributed by atoms with E-state index in [2.05, 4.69) is 29.2 Å². The molecule has 3 nitrogen and oxygen atoms in total. The van der Waals surface area contributed by atoms with E-state index in [1.807, 2.05) is 36.4 Å². The third-order valence-corrected chi connectivity index (χ3v) is 5.16. The number of nitrogens with two attached hydrogens (primary N) is 2. The highest BCUT2D eigenvalue weighted by atomic mass is 35.5. The van der Waals surface area contributed by atoms with Gasteiger partial charge in [-0.05, 0) is 59.5 Å². The van der Waals surface area contributed by atoms with Gasteiger partial charge in [-0.3, -0.25) is 0 Å². The van der Waals surface area contributed by atoms with Gasteiger partial charge in [0.1, 0.15) is 0 Å². The van der Waals surface area contributed by atoms with Crippen LogP contribution >= 0.6 is 22.9 Å². The maximum absolute atomic E-state index is 6.18. The fourth-order valence-electron chi connectivity index (χ4n) is 2.95. The van der Waals surface area contributed by atoms with E-state index in [1.54, 1.807) is 0 Å². The molecule has 0 radical (unpaired) electrons. The third-order valence-electron chi connectivity index (χ3n) is 4.09. The second-order valence-electron chi connectivity index (χ2n) is 5.97. The normalized spacial score (nSPS) is 11.1. The minimum absolute atomic E-state index is 0.572. The van der Waals surface area contributed by atoms with Gasteiger partial charge in [0.25, 0.3) is 0 Å². The number of hydrogen-bond acceptors (Lipinski definition) is 4. The summed E-state index contributed by atoms with van der Waals surface area (Å²) in [6.07, 6.45) is 0.821. The van der Waals surface area contributed by atoms with E-state index < -0.39 is 0 Å². The second kappa shape index (κ2) is 6.39. The maximum Gasteiger partial charge on any atom is 0.181 e. The van der Waals surface area contributed by atoms with Gasteiger partial charge in [-0.1, -0.05) is 47.2 Å². The highest BCUT2D eigenvalue weighted by Gasteiger charge is 2.12. The standard InChI is InChI=1S/C20H16ClN3S/c21-15-3-1-2-14(11-15)17-9-13(8-12-4-6-16(22)7-5-12)10-18-19(17)24-20(23)25-18/h1-7,9-11H,8,22H2,(H2,23,24). The first kappa shape index (κ1) is 15.9. The lowest BCUT2D eigenvalue weighted by molar-refractivity contribution is 1.20. The monoisotopic (exact) mass is 365 g/mol. The quantitative estimate of drug-likeness (QED) is 0.479. The van der Waals surface area contributed by atoms with Gasteiger partial charge in [-0.2, -0.15) is 0 Å². The summed E-state index contributed by atoms with van der Waals surface area (Å²) in [7, 11) is 0. The van der Waals surface area contributed by atoms with Crippen molar-refractivity contribution in [3.05, 3.63) is 76.8 Å². The van der Waals surface area contributed by atoms with E-state index in [1.165, 1.54) is 22.5 Å². The number of rotatable bonds is 3. The summed E-state index contributed by atoms with van der Waals surface area (Å²) in [5.41, 5.74) is 17.9. The average Bonchev–Trinajstić information content (AvgIpc) is 2.96. The first-order chi connectivity index (χ1) is 12.1. The first-order valence-electron chi connectivity index (χ1n) is 7.88. The van der Waals surface area contributed by atoms with E-state index in [4.69, 9.17) is 23.1 Å². The van der Waals surface area contributed by atoms with Crippen LogP contribution in [0.5, 0.6) is 0 Å². The Morgan fingerprint density at radius 2 is 1.72 bits per heavy atom. The van der Waals surface area contributed by atoms with Crippen molar-refractivity contribution in [2.45, 2.75) is 6.42 Å². The molecule has 0 atom stereocenters. The SMILES string of the molecule is Nc1ccc(Cc2cc(-c3cccc(Cl)c3)c3nc(N)sc3c2)cc1.